The lowest BCUT2D eigenvalue weighted by Gasteiger charge is -2.11. The molecule has 7 aromatic rings. The Morgan fingerprint density at radius 3 is 0.722 bits per heavy atom. The van der Waals surface area contributed by atoms with Crippen LogP contribution in [0.2, 0.25) is 0 Å². The van der Waals surface area contributed by atoms with Gasteiger partial charge < -0.3 is 32.1 Å². The second-order valence-electron chi connectivity index (χ2n) is 13.7. The molecule has 4 aromatic carbocycles. The molecule has 8 heteroatoms. The van der Waals surface area contributed by atoms with Crippen LogP contribution in [0.25, 0.3) is 90.9 Å². The predicted molar refractivity (Wildman–Crippen MR) is 227 cm³/mol. The van der Waals surface area contributed by atoms with Crippen LogP contribution in [0.15, 0.2) is 121 Å². The molecule has 3 aromatic heterocycles. The van der Waals surface area contributed by atoms with Gasteiger partial charge in [-0.2, -0.15) is 0 Å². The first-order valence-electron chi connectivity index (χ1n) is 17.8. The van der Waals surface area contributed by atoms with E-state index < -0.39 is 0 Å². The minimum Gasteiger partial charge on any atom is -0.399 e. The number of anilines is 4. The van der Waals surface area contributed by atoms with Crippen LogP contribution >= 0.6 is 0 Å². The fourth-order valence-electron chi connectivity index (χ4n) is 7.62. The van der Waals surface area contributed by atoms with Crippen molar-refractivity contribution in [2.24, 2.45) is 14.1 Å². The Kier molecular flexibility index (Phi) is 7.67. The van der Waals surface area contributed by atoms with E-state index in [1.165, 1.54) is 0 Å². The summed E-state index contributed by atoms with van der Waals surface area (Å²) in [6.45, 7) is 0. The number of nitrogen functional groups attached to an aromatic ring is 4. The predicted octanol–water partition coefficient (Wildman–Crippen LogP) is 9.67. The Labute approximate surface area is 313 Å². The van der Waals surface area contributed by atoms with Gasteiger partial charge in [0.1, 0.15) is 0 Å². The Bertz CT molecular complexity index is 2450. The third-order valence-electron chi connectivity index (χ3n) is 10.4. The Morgan fingerprint density at radius 2 is 0.519 bits per heavy atom. The highest BCUT2D eigenvalue weighted by atomic mass is 15.0. The van der Waals surface area contributed by atoms with Crippen molar-refractivity contribution in [1.82, 2.24) is 19.1 Å². The maximum atomic E-state index is 6.19. The quantitative estimate of drug-likeness (QED) is 0.135. The van der Waals surface area contributed by atoms with E-state index in [-0.39, 0.29) is 0 Å². The topological polar surface area (TPSA) is 140 Å². The summed E-state index contributed by atoms with van der Waals surface area (Å²) in [7, 11) is 4.19. The lowest BCUT2D eigenvalue weighted by Crippen LogP contribution is -1.97. The molecular formula is C46H38N8. The summed E-state index contributed by atoms with van der Waals surface area (Å²) >= 11 is 0. The Balaban J connectivity index is 1.51. The summed E-state index contributed by atoms with van der Waals surface area (Å²) in [4.78, 5) is 10.8. The molecule has 9 rings (SSSR count). The van der Waals surface area contributed by atoms with Crippen molar-refractivity contribution in [3.05, 3.63) is 144 Å². The van der Waals surface area contributed by atoms with Crippen molar-refractivity contribution in [2.45, 2.75) is 0 Å². The molecule has 0 radical (unpaired) electrons. The molecule has 8 nitrogen and oxygen atoms in total. The van der Waals surface area contributed by atoms with Crippen LogP contribution in [-0.4, -0.2) is 19.1 Å². The number of nitrogens with zero attached hydrogens (tertiary/aromatic N) is 4. The maximum absolute atomic E-state index is 6.19. The number of rotatable bonds is 4. The number of nitrogens with two attached hydrogens (primary N) is 4. The third-order valence-corrected chi connectivity index (χ3v) is 10.4. The van der Waals surface area contributed by atoms with E-state index in [0.29, 0.717) is 22.7 Å². The third kappa shape index (κ3) is 5.48. The monoisotopic (exact) mass is 702 g/mol. The molecule has 262 valence electrons. The zero-order valence-corrected chi connectivity index (χ0v) is 30.0. The van der Waals surface area contributed by atoms with E-state index >= 15 is 0 Å². The van der Waals surface area contributed by atoms with Crippen LogP contribution in [0.1, 0.15) is 22.8 Å². The number of aromatic nitrogens is 4. The molecule has 0 aliphatic carbocycles. The first-order chi connectivity index (χ1) is 26.2. The van der Waals surface area contributed by atoms with Crippen molar-refractivity contribution in [2.75, 3.05) is 22.9 Å². The van der Waals surface area contributed by atoms with E-state index in [1.54, 1.807) is 0 Å². The van der Waals surface area contributed by atoms with Gasteiger partial charge in [-0.1, -0.05) is 48.5 Å². The molecule has 54 heavy (non-hydrogen) atoms. The molecule has 8 bridgehead atoms. The minimum atomic E-state index is 0.696. The lowest BCUT2D eigenvalue weighted by atomic mass is 10.0. The molecule has 8 N–H and O–H groups in total. The molecule has 2 aliphatic rings. The van der Waals surface area contributed by atoms with Gasteiger partial charge in [0.25, 0.3) is 0 Å². The molecular weight excluding hydrogens is 665 g/mol. The van der Waals surface area contributed by atoms with Crippen LogP contribution in [0, 0.1) is 0 Å². The van der Waals surface area contributed by atoms with Crippen molar-refractivity contribution in [3.63, 3.8) is 0 Å². The number of benzene rings is 4. The van der Waals surface area contributed by atoms with Crippen LogP contribution in [0.5, 0.6) is 0 Å². The molecule has 0 unspecified atom stereocenters. The van der Waals surface area contributed by atoms with Crippen molar-refractivity contribution < 1.29 is 0 Å². The fourth-order valence-corrected chi connectivity index (χ4v) is 7.62. The highest BCUT2D eigenvalue weighted by Crippen LogP contribution is 2.40. The molecule has 0 saturated heterocycles. The lowest BCUT2D eigenvalue weighted by molar-refractivity contribution is 1.01. The zero-order chi connectivity index (χ0) is 37.1. The second-order valence-corrected chi connectivity index (χ2v) is 13.7. The van der Waals surface area contributed by atoms with Gasteiger partial charge in [-0.3, -0.25) is 0 Å². The number of hydrogen-bond donors (Lipinski definition) is 4. The number of fused-ring (bicyclic) bond motifs is 8. The molecule has 0 fully saturated rings. The van der Waals surface area contributed by atoms with Gasteiger partial charge in [0, 0.05) is 59.1 Å². The first-order valence-corrected chi connectivity index (χ1v) is 17.8. The smallest absolute Gasteiger partial charge is 0.0737 e. The van der Waals surface area contributed by atoms with Crippen LogP contribution in [0.3, 0.4) is 0 Å². The second kappa shape index (κ2) is 12.7. The SMILES string of the molecule is Cn1c2ccc1c(-c1ccc(N)cc1)c1nc(c(-c3ccc(N)cc3)c3ccc(c(-c4ccc(N)cc4)c4nc(c2-c2ccc(N)cc2)C=C4)n3C)C=C1. The number of hydrogen-bond acceptors (Lipinski definition) is 6. The molecule has 0 saturated carbocycles. The summed E-state index contributed by atoms with van der Waals surface area (Å²) in [5.41, 5.74) is 42.9. The highest BCUT2D eigenvalue weighted by molar-refractivity contribution is 6.00. The molecule has 0 spiro atoms. The van der Waals surface area contributed by atoms with Crippen LogP contribution < -0.4 is 22.9 Å². The normalized spacial score (nSPS) is 12.0. The van der Waals surface area contributed by atoms with Gasteiger partial charge >= 0.3 is 0 Å². The first kappa shape index (κ1) is 32.6. The zero-order valence-electron chi connectivity index (χ0n) is 30.0. The van der Waals surface area contributed by atoms with E-state index in [2.05, 4.69) is 120 Å². The summed E-state index contributed by atoms with van der Waals surface area (Å²) < 4.78 is 4.45. The van der Waals surface area contributed by atoms with Gasteiger partial charge in [-0.25, -0.2) is 9.97 Å². The largest absolute Gasteiger partial charge is 0.399 e. The average molecular weight is 703 g/mol. The average Bonchev–Trinajstić information content (AvgIpc) is 3.99. The number of aryl methyl sites for hydroxylation is 2. The van der Waals surface area contributed by atoms with Crippen LogP contribution in [-0.2, 0) is 14.1 Å². The van der Waals surface area contributed by atoms with Crippen molar-refractivity contribution in [3.8, 4) is 44.5 Å². The summed E-state index contributed by atoms with van der Waals surface area (Å²) in [5, 5.41) is 0. The van der Waals surface area contributed by atoms with Gasteiger partial charge in [0.05, 0.1) is 44.8 Å². The summed E-state index contributed by atoms with van der Waals surface area (Å²) in [6, 6.07) is 40.6. The minimum absolute atomic E-state index is 0.696. The van der Waals surface area contributed by atoms with Gasteiger partial charge in [-0.15, -0.1) is 0 Å². The van der Waals surface area contributed by atoms with E-state index in [4.69, 9.17) is 32.9 Å². The van der Waals surface area contributed by atoms with E-state index in [9.17, 15) is 0 Å². The fraction of sp³-hybridized carbons (Fsp3) is 0.0435. The Morgan fingerprint density at radius 1 is 0.315 bits per heavy atom. The van der Waals surface area contributed by atoms with Gasteiger partial charge in [0.2, 0.25) is 0 Å². The summed E-state index contributed by atoms with van der Waals surface area (Å²) in [6.07, 6.45) is 8.42. The molecule has 2 aliphatic heterocycles. The van der Waals surface area contributed by atoms with E-state index in [1.807, 2.05) is 48.5 Å². The van der Waals surface area contributed by atoms with Crippen LogP contribution in [0.4, 0.5) is 22.7 Å². The molecule has 0 atom stereocenters. The van der Waals surface area contributed by atoms with E-state index in [0.717, 1.165) is 89.4 Å². The van der Waals surface area contributed by atoms with Crippen molar-refractivity contribution >= 4 is 69.1 Å². The van der Waals surface area contributed by atoms with Gasteiger partial charge in [0.15, 0.2) is 0 Å². The van der Waals surface area contributed by atoms with Crippen molar-refractivity contribution in [1.29, 1.82) is 0 Å². The molecule has 5 heterocycles. The Hall–Kier alpha value is -7.32. The summed E-state index contributed by atoms with van der Waals surface area (Å²) in [5.74, 6) is 0. The standard InChI is InChI=1S/C46H38N8/c1-53-39-23-24-40(53)44(28-5-13-32(48)14-6-28)36-20-22-38(52-36)46(30-9-17-34(50)18-10-30)42-26-25-41(54(42)2)45(29-7-15-33(49)16-8-29)37-21-19-35(51-37)43(39)27-3-11-31(47)12-4-27/h3-26H,47-50H2,1-2H3. The van der Waals surface area contributed by atoms with Gasteiger partial charge in [-0.05, 0) is 119 Å². The highest BCUT2D eigenvalue weighted by Gasteiger charge is 2.21. The molecule has 0 amide bonds. The maximum Gasteiger partial charge on any atom is 0.0737 e.